The molecule has 0 aliphatic heterocycles. The van der Waals surface area contributed by atoms with Crippen LogP contribution in [0, 0.1) is 0 Å². The van der Waals surface area contributed by atoms with Crippen LogP contribution in [0.3, 0.4) is 0 Å². The van der Waals surface area contributed by atoms with Crippen molar-refractivity contribution in [2.45, 2.75) is 64.3 Å². The molecular formula is C13H23N3. The summed E-state index contributed by atoms with van der Waals surface area (Å²) >= 11 is 0. The highest BCUT2D eigenvalue weighted by atomic mass is 15.1. The van der Waals surface area contributed by atoms with Gasteiger partial charge in [0.15, 0.2) is 0 Å². The van der Waals surface area contributed by atoms with Gasteiger partial charge in [-0.25, -0.2) is 4.98 Å². The molecule has 0 radical (unpaired) electrons. The highest BCUT2D eigenvalue weighted by Crippen LogP contribution is 2.20. The monoisotopic (exact) mass is 221 g/mol. The van der Waals surface area contributed by atoms with E-state index in [0.29, 0.717) is 6.04 Å². The zero-order chi connectivity index (χ0) is 11.2. The number of aromatic amines is 1. The van der Waals surface area contributed by atoms with Gasteiger partial charge in [0.2, 0.25) is 0 Å². The molecule has 0 bridgehead atoms. The molecule has 1 aromatic rings. The lowest BCUT2D eigenvalue weighted by molar-refractivity contribution is 0.462. The predicted molar refractivity (Wildman–Crippen MR) is 67.7 cm³/mol. The smallest absolute Gasteiger partial charge is 0.123 e. The van der Waals surface area contributed by atoms with Crippen LogP contribution in [-0.4, -0.2) is 16.0 Å². The third kappa shape index (κ3) is 3.26. The Kier molecular flexibility index (Phi) is 4.25. The summed E-state index contributed by atoms with van der Waals surface area (Å²) in [5, 5.41) is 3.56. The predicted octanol–water partition coefficient (Wildman–Crippen LogP) is 3.50. The molecule has 3 heteroatoms. The van der Waals surface area contributed by atoms with Crippen LogP contribution >= 0.6 is 0 Å². The maximum Gasteiger partial charge on any atom is 0.123 e. The number of hydrogen-bond donors (Lipinski definition) is 2. The Morgan fingerprint density at radius 3 is 2.94 bits per heavy atom. The van der Waals surface area contributed by atoms with Crippen molar-refractivity contribution in [1.29, 1.82) is 0 Å². The molecule has 1 aliphatic rings. The van der Waals surface area contributed by atoms with Crippen molar-refractivity contribution in [2.24, 2.45) is 0 Å². The Morgan fingerprint density at radius 2 is 2.19 bits per heavy atom. The van der Waals surface area contributed by atoms with Gasteiger partial charge in [0.1, 0.15) is 11.6 Å². The molecule has 0 spiro atoms. The first-order valence-corrected chi connectivity index (χ1v) is 6.69. The number of imidazole rings is 1. The second kappa shape index (κ2) is 5.92. The Balaban J connectivity index is 1.81. The lowest BCUT2D eigenvalue weighted by Crippen LogP contribution is -2.22. The van der Waals surface area contributed by atoms with E-state index in [1.54, 1.807) is 0 Å². The van der Waals surface area contributed by atoms with Crippen LogP contribution in [0.4, 0.5) is 5.82 Å². The Hall–Kier alpha value is -0.990. The Labute approximate surface area is 98.1 Å². The number of anilines is 1. The summed E-state index contributed by atoms with van der Waals surface area (Å²) < 4.78 is 0. The molecule has 0 unspecified atom stereocenters. The van der Waals surface area contributed by atoms with Crippen LogP contribution in [-0.2, 0) is 6.42 Å². The fraction of sp³-hybridized carbons (Fsp3) is 0.769. The van der Waals surface area contributed by atoms with Gasteiger partial charge >= 0.3 is 0 Å². The number of nitrogens with one attached hydrogen (secondary N) is 2. The molecule has 2 N–H and O–H groups in total. The molecule has 90 valence electrons. The minimum atomic E-state index is 0.660. The van der Waals surface area contributed by atoms with E-state index in [2.05, 4.69) is 22.2 Å². The molecule has 1 heterocycles. The van der Waals surface area contributed by atoms with Gasteiger partial charge in [-0.15, -0.1) is 0 Å². The fourth-order valence-electron chi connectivity index (χ4n) is 2.37. The van der Waals surface area contributed by atoms with Crippen molar-refractivity contribution < 1.29 is 0 Å². The quantitative estimate of drug-likeness (QED) is 0.799. The summed E-state index contributed by atoms with van der Waals surface area (Å²) in [6, 6.07) is 0.660. The van der Waals surface area contributed by atoms with Crippen LogP contribution in [0.25, 0.3) is 0 Å². The topological polar surface area (TPSA) is 40.7 Å². The van der Waals surface area contributed by atoms with Crippen molar-refractivity contribution in [3.63, 3.8) is 0 Å². The summed E-state index contributed by atoms with van der Waals surface area (Å²) in [6.45, 7) is 2.21. The molecule has 0 aromatic carbocycles. The van der Waals surface area contributed by atoms with Crippen LogP contribution in [0.2, 0.25) is 0 Å². The standard InChI is InChI=1S/C13H23N3/c1-2-3-9-12-14-10-13(16-12)15-11-7-5-4-6-8-11/h10-11,15H,2-9H2,1H3,(H,14,16). The first-order chi connectivity index (χ1) is 7.88. The van der Waals surface area contributed by atoms with Crippen molar-refractivity contribution in [3.05, 3.63) is 12.0 Å². The number of rotatable bonds is 5. The average Bonchev–Trinajstić information content (AvgIpc) is 2.75. The molecule has 1 saturated carbocycles. The van der Waals surface area contributed by atoms with Crippen molar-refractivity contribution >= 4 is 5.82 Å². The van der Waals surface area contributed by atoms with E-state index in [0.717, 1.165) is 18.1 Å². The van der Waals surface area contributed by atoms with E-state index in [1.165, 1.54) is 44.9 Å². The number of H-pyrrole nitrogens is 1. The molecule has 1 aliphatic carbocycles. The number of hydrogen-bond acceptors (Lipinski definition) is 2. The largest absolute Gasteiger partial charge is 0.368 e. The van der Waals surface area contributed by atoms with Crippen LogP contribution in [0.5, 0.6) is 0 Å². The van der Waals surface area contributed by atoms with Crippen molar-refractivity contribution in [2.75, 3.05) is 5.32 Å². The third-order valence-corrected chi connectivity index (χ3v) is 3.36. The molecule has 0 saturated heterocycles. The fourth-order valence-corrected chi connectivity index (χ4v) is 2.37. The summed E-state index contributed by atoms with van der Waals surface area (Å²) in [7, 11) is 0. The molecule has 1 aromatic heterocycles. The Bertz CT molecular complexity index is 300. The maximum absolute atomic E-state index is 4.40. The summed E-state index contributed by atoms with van der Waals surface area (Å²) in [4.78, 5) is 7.77. The first-order valence-electron chi connectivity index (χ1n) is 6.69. The molecule has 2 rings (SSSR count). The molecule has 3 nitrogen and oxygen atoms in total. The Morgan fingerprint density at radius 1 is 1.38 bits per heavy atom. The molecule has 0 amide bonds. The van der Waals surface area contributed by atoms with E-state index >= 15 is 0 Å². The molecule has 0 atom stereocenters. The van der Waals surface area contributed by atoms with Crippen LogP contribution in [0.15, 0.2) is 6.20 Å². The lowest BCUT2D eigenvalue weighted by Gasteiger charge is -2.22. The second-order valence-corrected chi connectivity index (χ2v) is 4.83. The zero-order valence-corrected chi connectivity index (χ0v) is 10.3. The summed E-state index contributed by atoms with van der Waals surface area (Å²) in [5.41, 5.74) is 0. The van der Waals surface area contributed by atoms with E-state index < -0.39 is 0 Å². The van der Waals surface area contributed by atoms with Gasteiger partial charge in [0, 0.05) is 12.5 Å². The average molecular weight is 221 g/mol. The zero-order valence-electron chi connectivity index (χ0n) is 10.3. The number of nitrogens with zero attached hydrogens (tertiary/aromatic N) is 1. The molecule has 1 fully saturated rings. The van der Waals surface area contributed by atoms with Gasteiger partial charge in [0.25, 0.3) is 0 Å². The maximum atomic E-state index is 4.40. The van der Waals surface area contributed by atoms with Crippen molar-refractivity contribution in [1.82, 2.24) is 9.97 Å². The summed E-state index contributed by atoms with van der Waals surface area (Å²) in [5.74, 6) is 2.23. The minimum absolute atomic E-state index is 0.660. The van der Waals surface area contributed by atoms with E-state index in [9.17, 15) is 0 Å². The van der Waals surface area contributed by atoms with Gasteiger partial charge in [-0.05, 0) is 19.3 Å². The van der Waals surface area contributed by atoms with Crippen LogP contribution in [0.1, 0.15) is 57.7 Å². The van der Waals surface area contributed by atoms with Gasteiger partial charge in [-0.1, -0.05) is 32.6 Å². The van der Waals surface area contributed by atoms with E-state index in [-0.39, 0.29) is 0 Å². The second-order valence-electron chi connectivity index (χ2n) is 4.83. The van der Waals surface area contributed by atoms with Crippen molar-refractivity contribution in [3.8, 4) is 0 Å². The van der Waals surface area contributed by atoms with Gasteiger partial charge < -0.3 is 10.3 Å². The molecular weight excluding hydrogens is 198 g/mol. The normalized spacial score (nSPS) is 17.6. The SMILES string of the molecule is CCCCc1ncc(NC2CCCCC2)[nH]1. The van der Waals surface area contributed by atoms with E-state index in [4.69, 9.17) is 0 Å². The highest BCUT2D eigenvalue weighted by molar-refractivity contribution is 5.33. The van der Waals surface area contributed by atoms with Gasteiger partial charge in [-0.2, -0.15) is 0 Å². The van der Waals surface area contributed by atoms with Gasteiger partial charge in [-0.3, -0.25) is 0 Å². The first kappa shape index (κ1) is 11.5. The number of aromatic nitrogens is 2. The third-order valence-electron chi connectivity index (χ3n) is 3.36. The summed E-state index contributed by atoms with van der Waals surface area (Å²) in [6.07, 6.45) is 12.2. The minimum Gasteiger partial charge on any atom is -0.368 e. The van der Waals surface area contributed by atoms with E-state index in [1.807, 2.05) is 6.20 Å². The number of aryl methyl sites for hydroxylation is 1. The highest BCUT2D eigenvalue weighted by Gasteiger charge is 2.13. The lowest BCUT2D eigenvalue weighted by atomic mass is 9.96. The van der Waals surface area contributed by atoms with Gasteiger partial charge in [0.05, 0.1) is 6.20 Å². The molecule has 16 heavy (non-hydrogen) atoms. The number of unbranched alkanes of at least 4 members (excludes halogenated alkanes) is 1. The van der Waals surface area contributed by atoms with Crippen LogP contribution < -0.4 is 5.32 Å².